The lowest BCUT2D eigenvalue weighted by Gasteiger charge is -2.17. The Balaban J connectivity index is 2.47. The highest BCUT2D eigenvalue weighted by Gasteiger charge is 2.21. The van der Waals surface area contributed by atoms with Crippen LogP contribution in [-0.2, 0) is 10.0 Å². The molecule has 0 bridgehead atoms. The van der Waals surface area contributed by atoms with Gasteiger partial charge in [-0.25, -0.2) is 17.8 Å². The van der Waals surface area contributed by atoms with E-state index in [1.54, 1.807) is 31.3 Å². The Kier molecular flexibility index (Phi) is 4.93. The second-order valence-electron chi connectivity index (χ2n) is 4.60. The monoisotopic (exact) mass is 407 g/mol. The summed E-state index contributed by atoms with van der Waals surface area (Å²) in [5.41, 5.74) is 0.278. The average Bonchev–Trinajstić information content (AvgIpc) is 2.37. The summed E-state index contributed by atoms with van der Waals surface area (Å²) < 4.78 is 41.0. The minimum atomic E-state index is -3.97. The fourth-order valence-electron chi connectivity index (χ4n) is 1.76. The highest BCUT2D eigenvalue weighted by Crippen LogP contribution is 2.29. The van der Waals surface area contributed by atoms with E-state index < -0.39 is 15.8 Å². The van der Waals surface area contributed by atoms with Gasteiger partial charge < -0.3 is 4.90 Å². The molecule has 0 saturated heterocycles. The van der Waals surface area contributed by atoms with Crippen LogP contribution in [0.1, 0.15) is 0 Å². The van der Waals surface area contributed by atoms with E-state index in [0.29, 0.717) is 10.3 Å². The zero-order valence-corrected chi connectivity index (χ0v) is 14.8. The van der Waals surface area contributed by atoms with Crippen LogP contribution in [0.2, 0.25) is 5.02 Å². The smallest absolute Gasteiger partial charge is 0.263 e. The summed E-state index contributed by atoms with van der Waals surface area (Å²) in [4.78, 5) is 5.61. The van der Waals surface area contributed by atoms with E-state index in [4.69, 9.17) is 11.6 Å². The normalized spacial score (nSPS) is 11.3. The quantitative estimate of drug-likeness (QED) is 0.841. The summed E-state index contributed by atoms with van der Waals surface area (Å²) in [6, 6.07) is 4.67. The maximum absolute atomic E-state index is 13.1. The van der Waals surface area contributed by atoms with E-state index in [9.17, 15) is 12.8 Å². The van der Waals surface area contributed by atoms with Crippen LogP contribution < -0.4 is 9.62 Å². The van der Waals surface area contributed by atoms with Crippen molar-refractivity contribution in [3.63, 3.8) is 0 Å². The number of hydrogen-bond acceptors (Lipinski definition) is 4. The van der Waals surface area contributed by atoms with Crippen molar-refractivity contribution in [1.29, 1.82) is 0 Å². The molecule has 2 aromatic rings. The van der Waals surface area contributed by atoms with Crippen LogP contribution in [-0.4, -0.2) is 27.5 Å². The Bertz CT molecular complexity index is 815. The topological polar surface area (TPSA) is 62.3 Å². The maximum Gasteiger partial charge on any atom is 0.263 e. The number of nitrogens with zero attached hydrogens (tertiary/aromatic N) is 2. The Morgan fingerprint density at radius 1 is 1.32 bits per heavy atom. The minimum Gasteiger partial charge on any atom is -0.361 e. The van der Waals surface area contributed by atoms with Gasteiger partial charge in [0.1, 0.15) is 10.7 Å². The summed E-state index contributed by atoms with van der Waals surface area (Å²) in [7, 11) is -0.500. The second kappa shape index (κ2) is 6.39. The van der Waals surface area contributed by atoms with Crippen LogP contribution in [0.25, 0.3) is 0 Å². The molecule has 0 radical (unpaired) electrons. The van der Waals surface area contributed by atoms with Crippen molar-refractivity contribution in [1.82, 2.24) is 4.98 Å². The molecule has 0 unspecified atom stereocenters. The third-order valence-corrected chi connectivity index (χ3v) is 4.97. The molecule has 0 aliphatic heterocycles. The van der Waals surface area contributed by atoms with Gasteiger partial charge in [-0.2, -0.15) is 0 Å². The largest absolute Gasteiger partial charge is 0.361 e. The molecule has 0 amide bonds. The van der Waals surface area contributed by atoms with E-state index in [0.717, 1.165) is 18.2 Å². The van der Waals surface area contributed by atoms with Crippen LogP contribution in [0.3, 0.4) is 0 Å². The van der Waals surface area contributed by atoms with Gasteiger partial charge in [-0.1, -0.05) is 11.6 Å². The minimum absolute atomic E-state index is 0.193. The molecular formula is C13H12BrClFN3O2S. The predicted molar refractivity (Wildman–Crippen MR) is 88.5 cm³/mol. The fraction of sp³-hybridized carbons (Fsp3) is 0.154. The van der Waals surface area contributed by atoms with Gasteiger partial charge in [0.05, 0.1) is 10.7 Å². The van der Waals surface area contributed by atoms with Crippen LogP contribution >= 0.6 is 27.5 Å². The Morgan fingerprint density at radius 2 is 2.00 bits per heavy atom. The highest BCUT2D eigenvalue weighted by atomic mass is 79.9. The molecule has 1 N–H and O–H groups in total. The molecule has 1 aromatic carbocycles. The van der Waals surface area contributed by atoms with E-state index >= 15 is 0 Å². The van der Waals surface area contributed by atoms with Crippen molar-refractivity contribution in [3.8, 4) is 0 Å². The standard InChI is InChI=1S/C13H12BrClFN3O2S/c1-19(2)13-11(5-8(14)7-17-13)18-22(20,21)12-4-3-9(16)6-10(12)15/h3-7,18H,1-2H3. The zero-order valence-electron chi connectivity index (χ0n) is 11.6. The van der Waals surface area contributed by atoms with E-state index in [2.05, 4.69) is 25.6 Å². The molecule has 118 valence electrons. The number of pyridine rings is 1. The highest BCUT2D eigenvalue weighted by molar-refractivity contribution is 9.10. The molecule has 1 heterocycles. The first kappa shape index (κ1) is 17.0. The van der Waals surface area contributed by atoms with Gasteiger partial charge in [-0.05, 0) is 40.2 Å². The molecule has 22 heavy (non-hydrogen) atoms. The Hall–Kier alpha value is -1.38. The molecular weight excluding hydrogens is 397 g/mol. The Morgan fingerprint density at radius 3 is 2.59 bits per heavy atom. The van der Waals surface area contributed by atoms with Crippen LogP contribution in [0.15, 0.2) is 39.8 Å². The zero-order chi connectivity index (χ0) is 16.5. The van der Waals surface area contributed by atoms with Gasteiger partial charge in [0.25, 0.3) is 10.0 Å². The van der Waals surface area contributed by atoms with Gasteiger partial charge >= 0.3 is 0 Å². The molecule has 0 atom stereocenters. The summed E-state index contributed by atoms with van der Waals surface area (Å²) >= 11 is 9.06. The van der Waals surface area contributed by atoms with Crippen LogP contribution in [0.4, 0.5) is 15.9 Å². The second-order valence-corrected chi connectivity index (χ2v) is 7.57. The van der Waals surface area contributed by atoms with Crippen molar-refractivity contribution >= 4 is 49.1 Å². The third-order valence-electron chi connectivity index (χ3n) is 2.68. The van der Waals surface area contributed by atoms with Crippen molar-refractivity contribution in [2.24, 2.45) is 0 Å². The molecule has 0 saturated carbocycles. The molecule has 0 fully saturated rings. The van der Waals surface area contributed by atoms with Gasteiger partial charge in [0.2, 0.25) is 0 Å². The van der Waals surface area contributed by atoms with E-state index in [-0.39, 0.29) is 15.6 Å². The SMILES string of the molecule is CN(C)c1ncc(Br)cc1NS(=O)(=O)c1ccc(F)cc1Cl. The van der Waals surface area contributed by atoms with Gasteiger partial charge in [0.15, 0.2) is 5.82 Å². The lowest BCUT2D eigenvalue weighted by Crippen LogP contribution is -2.18. The molecule has 1 aromatic heterocycles. The van der Waals surface area contributed by atoms with Crippen LogP contribution in [0, 0.1) is 5.82 Å². The number of benzene rings is 1. The lowest BCUT2D eigenvalue weighted by molar-refractivity contribution is 0.599. The van der Waals surface area contributed by atoms with Gasteiger partial charge in [-0.15, -0.1) is 0 Å². The number of halogens is 3. The molecule has 9 heteroatoms. The molecule has 0 spiro atoms. The number of anilines is 2. The fourth-order valence-corrected chi connectivity index (χ4v) is 3.67. The van der Waals surface area contributed by atoms with Crippen LogP contribution in [0.5, 0.6) is 0 Å². The molecule has 5 nitrogen and oxygen atoms in total. The number of hydrogen-bond donors (Lipinski definition) is 1. The molecule has 0 aliphatic carbocycles. The number of aromatic nitrogens is 1. The summed E-state index contributed by atoms with van der Waals surface area (Å²) in [6.45, 7) is 0. The summed E-state index contributed by atoms with van der Waals surface area (Å²) in [5.74, 6) is -0.174. The van der Waals surface area contributed by atoms with Gasteiger partial charge in [0, 0.05) is 24.8 Å². The van der Waals surface area contributed by atoms with Crippen molar-refractivity contribution in [2.75, 3.05) is 23.7 Å². The van der Waals surface area contributed by atoms with Gasteiger partial charge in [-0.3, -0.25) is 4.72 Å². The number of sulfonamides is 1. The first-order valence-corrected chi connectivity index (χ1v) is 8.67. The summed E-state index contributed by atoms with van der Waals surface area (Å²) in [6.07, 6.45) is 1.55. The average molecular weight is 409 g/mol. The number of nitrogens with one attached hydrogen (secondary N) is 1. The van der Waals surface area contributed by atoms with E-state index in [1.165, 1.54) is 0 Å². The summed E-state index contributed by atoms with van der Waals surface area (Å²) in [5, 5.41) is -0.193. The molecule has 0 aliphatic rings. The first-order chi connectivity index (χ1) is 10.2. The molecule has 2 rings (SSSR count). The van der Waals surface area contributed by atoms with E-state index in [1.807, 2.05) is 0 Å². The lowest BCUT2D eigenvalue weighted by atomic mass is 10.3. The maximum atomic E-state index is 13.1. The van der Waals surface area contributed by atoms with Crippen molar-refractivity contribution in [2.45, 2.75) is 4.90 Å². The predicted octanol–water partition coefficient (Wildman–Crippen LogP) is 3.50. The van der Waals surface area contributed by atoms with Crippen molar-refractivity contribution < 1.29 is 12.8 Å². The Labute approximate surface area is 141 Å². The van der Waals surface area contributed by atoms with Crippen molar-refractivity contribution in [3.05, 3.63) is 45.8 Å². The number of rotatable bonds is 4. The first-order valence-electron chi connectivity index (χ1n) is 6.01. The third kappa shape index (κ3) is 3.68.